The van der Waals surface area contributed by atoms with E-state index in [1.807, 2.05) is 11.8 Å². The molecule has 1 fully saturated rings. The number of primary amides is 1. The van der Waals surface area contributed by atoms with E-state index < -0.39 is 0 Å². The van der Waals surface area contributed by atoms with Crippen LogP contribution in [0.3, 0.4) is 0 Å². The van der Waals surface area contributed by atoms with Crippen molar-refractivity contribution in [1.82, 2.24) is 9.97 Å². The largest absolute Gasteiger partial charge is 0.374 e. The van der Waals surface area contributed by atoms with Gasteiger partial charge in [-0.15, -0.1) is 0 Å². The maximum absolute atomic E-state index is 11.2. The van der Waals surface area contributed by atoms with E-state index in [0.29, 0.717) is 31.4 Å². The molecule has 1 aliphatic heterocycles. The number of hydrogen-bond donors (Lipinski definition) is 3. The van der Waals surface area contributed by atoms with Gasteiger partial charge in [0, 0.05) is 25.8 Å². The highest BCUT2D eigenvalue weighted by atomic mass is 16.5. The van der Waals surface area contributed by atoms with Crippen molar-refractivity contribution >= 4 is 17.5 Å². The van der Waals surface area contributed by atoms with Gasteiger partial charge in [-0.3, -0.25) is 4.79 Å². The average molecular weight is 280 g/mol. The van der Waals surface area contributed by atoms with Crippen LogP contribution in [0.25, 0.3) is 0 Å². The van der Waals surface area contributed by atoms with E-state index in [9.17, 15) is 4.79 Å². The maximum atomic E-state index is 11.2. The van der Waals surface area contributed by atoms with E-state index in [1.165, 1.54) is 0 Å². The van der Waals surface area contributed by atoms with Gasteiger partial charge in [0.05, 0.1) is 5.92 Å². The molecule has 0 bridgehead atoms. The number of nitrogens with zero attached hydrogens (tertiary/aromatic N) is 3. The molecule has 1 aromatic rings. The van der Waals surface area contributed by atoms with Gasteiger partial charge in [0.2, 0.25) is 5.91 Å². The van der Waals surface area contributed by atoms with Crippen LogP contribution in [0.1, 0.15) is 19.2 Å². The van der Waals surface area contributed by atoms with Crippen LogP contribution in [0.15, 0.2) is 6.07 Å². The van der Waals surface area contributed by atoms with Crippen molar-refractivity contribution in [2.24, 2.45) is 17.5 Å². The predicted molar refractivity (Wildman–Crippen MR) is 74.7 cm³/mol. The number of nitrogens with one attached hydrogen (secondary N) is 1. The molecule has 0 aliphatic carbocycles. The third-order valence-corrected chi connectivity index (χ3v) is 3.26. The average Bonchev–Trinajstić information content (AvgIpc) is 2.94. The summed E-state index contributed by atoms with van der Waals surface area (Å²) in [6.45, 7) is 4.13. The zero-order valence-corrected chi connectivity index (χ0v) is 11.5. The Morgan fingerprint density at radius 1 is 1.60 bits per heavy atom. The van der Waals surface area contributed by atoms with E-state index >= 15 is 0 Å². The fourth-order valence-electron chi connectivity index (χ4n) is 2.18. The molecule has 2 rings (SSSR count). The smallest absolute Gasteiger partial charge is 0.222 e. The molecule has 1 aliphatic rings. The highest BCUT2D eigenvalue weighted by Gasteiger charge is 2.27. The first-order valence-electron chi connectivity index (χ1n) is 6.60. The molecule has 20 heavy (non-hydrogen) atoms. The van der Waals surface area contributed by atoms with Gasteiger partial charge in [0.25, 0.3) is 0 Å². The van der Waals surface area contributed by atoms with Gasteiger partial charge >= 0.3 is 0 Å². The number of hydrazine groups is 1. The highest BCUT2D eigenvalue weighted by Crippen LogP contribution is 2.23. The summed E-state index contributed by atoms with van der Waals surface area (Å²) in [4.78, 5) is 21.9. The fourth-order valence-corrected chi connectivity index (χ4v) is 2.18. The molecule has 5 N–H and O–H groups in total. The SMILES string of the molecule is CCOCc1nc(NN)cc(N2CCC(C(N)=O)C2)n1. The molecule has 8 heteroatoms. The minimum Gasteiger partial charge on any atom is -0.374 e. The van der Waals surface area contributed by atoms with Crippen molar-refractivity contribution in [1.29, 1.82) is 0 Å². The lowest BCUT2D eigenvalue weighted by Crippen LogP contribution is -2.28. The van der Waals surface area contributed by atoms with Crippen LogP contribution in [0.5, 0.6) is 0 Å². The molecule has 2 heterocycles. The summed E-state index contributed by atoms with van der Waals surface area (Å²) < 4.78 is 5.31. The van der Waals surface area contributed by atoms with E-state index in [4.69, 9.17) is 16.3 Å². The fraction of sp³-hybridized carbons (Fsp3) is 0.583. The van der Waals surface area contributed by atoms with Gasteiger partial charge in [-0.2, -0.15) is 0 Å². The molecular formula is C12H20N6O2. The van der Waals surface area contributed by atoms with Crippen LogP contribution < -0.4 is 21.9 Å². The van der Waals surface area contributed by atoms with Crippen LogP contribution in [-0.2, 0) is 16.1 Å². The Labute approximate surface area is 117 Å². The number of nitrogen functional groups attached to an aromatic ring is 1. The number of rotatable bonds is 6. The van der Waals surface area contributed by atoms with Gasteiger partial charge in [-0.05, 0) is 13.3 Å². The summed E-state index contributed by atoms with van der Waals surface area (Å²) in [5.74, 6) is 6.82. The highest BCUT2D eigenvalue weighted by molar-refractivity contribution is 5.78. The topological polar surface area (TPSA) is 119 Å². The Balaban J connectivity index is 2.16. The molecule has 0 aromatic carbocycles. The summed E-state index contributed by atoms with van der Waals surface area (Å²) in [5, 5.41) is 0. The summed E-state index contributed by atoms with van der Waals surface area (Å²) in [7, 11) is 0. The Hall–Kier alpha value is -1.93. The molecular weight excluding hydrogens is 260 g/mol. The minimum atomic E-state index is -0.270. The Morgan fingerprint density at radius 3 is 3.00 bits per heavy atom. The number of carbonyl (C=O) groups excluding carboxylic acids is 1. The third kappa shape index (κ3) is 3.34. The molecule has 0 radical (unpaired) electrons. The summed E-state index contributed by atoms with van der Waals surface area (Å²) >= 11 is 0. The number of ether oxygens (including phenoxy) is 1. The maximum Gasteiger partial charge on any atom is 0.222 e. The molecule has 1 unspecified atom stereocenters. The minimum absolute atomic E-state index is 0.130. The second-order valence-electron chi connectivity index (χ2n) is 4.64. The third-order valence-electron chi connectivity index (χ3n) is 3.26. The predicted octanol–water partition coefficient (Wildman–Crippen LogP) is -0.390. The van der Waals surface area contributed by atoms with Crippen molar-refractivity contribution in [3.8, 4) is 0 Å². The van der Waals surface area contributed by atoms with Crippen molar-refractivity contribution in [3.05, 3.63) is 11.9 Å². The number of carbonyl (C=O) groups is 1. The second-order valence-corrected chi connectivity index (χ2v) is 4.64. The zero-order valence-electron chi connectivity index (χ0n) is 11.5. The van der Waals surface area contributed by atoms with Crippen LogP contribution in [0.4, 0.5) is 11.6 Å². The first-order chi connectivity index (χ1) is 9.63. The molecule has 0 saturated carbocycles. The standard InChI is InChI=1S/C12H20N6O2/c1-2-20-7-10-15-9(17-14)5-11(16-10)18-4-3-8(6-18)12(13)19/h5,8H,2-4,6-7,14H2,1H3,(H2,13,19)(H,15,16,17). The van der Waals surface area contributed by atoms with Crippen LogP contribution in [0.2, 0.25) is 0 Å². The van der Waals surface area contributed by atoms with Crippen LogP contribution in [0, 0.1) is 5.92 Å². The van der Waals surface area contributed by atoms with Crippen molar-refractivity contribution in [2.45, 2.75) is 20.0 Å². The summed E-state index contributed by atoms with van der Waals surface area (Å²) in [6.07, 6.45) is 0.742. The lowest BCUT2D eigenvalue weighted by molar-refractivity contribution is -0.121. The first kappa shape index (κ1) is 14.5. The number of aromatic nitrogens is 2. The van der Waals surface area contributed by atoms with E-state index in [1.54, 1.807) is 6.07 Å². The number of anilines is 2. The van der Waals surface area contributed by atoms with E-state index in [2.05, 4.69) is 15.4 Å². The molecule has 110 valence electrons. The Kier molecular flexibility index (Phi) is 4.70. The monoisotopic (exact) mass is 280 g/mol. The summed E-state index contributed by atoms with van der Waals surface area (Å²) in [6, 6.07) is 1.75. The van der Waals surface area contributed by atoms with Gasteiger partial charge < -0.3 is 20.8 Å². The van der Waals surface area contributed by atoms with Gasteiger partial charge in [-0.25, -0.2) is 15.8 Å². The second kappa shape index (κ2) is 6.49. The molecule has 1 amide bonds. The molecule has 8 nitrogen and oxygen atoms in total. The lowest BCUT2D eigenvalue weighted by Gasteiger charge is -2.18. The van der Waals surface area contributed by atoms with Crippen molar-refractivity contribution in [2.75, 3.05) is 30.0 Å². The number of nitrogens with two attached hydrogens (primary N) is 2. The molecule has 1 aromatic heterocycles. The van der Waals surface area contributed by atoms with E-state index in [-0.39, 0.29) is 11.8 Å². The summed E-state index contributed by atoms with van der Waals surface area (Å²) in [5.41, 5.74) is 7.86. The first-order valence-corrected chi connectivity index (χ1v) is 6.60. The number of amides is 1. The number of hydrogen-bond acceptors (Lipinski definition) is 7. The van der Waals surface area contributed by atoms with Crippen molar-refractivity contribution in [3.63, 3.8) is 0 Å². The Morgan fingerprint density at radius 2 is 2.40 bits per heavy atom. The normalized spacial score (nSPS) is 18.3. The van der Waals surface area contributed by atoms with Gasteiger partial charge in [0.15, 0.2) is 5.82 Å². The van der Waals surface area contributed by atoms with Crippen LogP contribution >= 0.6 is 0 Å². The van der Waals surface area contributed by atoms with E-state index in [0.717, 1.165) is 18.8 Å². The molecule has 1 saturated heterocycles. The van der Waals surface area contributed by atoms with Gasteiger partial charge in [-0.1, -0.05) is 0 Å². The van der Waals surface area contributed by atoms with Gasteiger partial charge in [0.1, 0.15) is 18.2 Å². The van der Waals surface area contributed by atoms with Crippen LogP contribution in [-0.4, -0.2) is 35.6 Å². The lowest BCUT2D eigenvalue weighted by atomic mass is 10.1. The zero-order chi connectivity index (χ0) is 14.5. The Bertz CT molecular complexity index is 481. The molecule has 0 spiro atoms. The quantitative estimate of drug-likeness (QED) is 0.479. The molecule has 1 atom stereocenters. The van der Waals surface area contributed by atoms with Crippen molar-refractivity contribution < 1.29 is 9.53 Å².